The third-order valence-corrected chi connectivity index (χ3v) is 3.96. The zero-order valence-corrected chi connectivity index (χ0v) is 13.4. The summed E-state index contributed by atoms with van der Waals surface area (Å²) >= 11 is 3.41. The number of nitrogens with one attached hydrogen (secondary N) is 2. The molecule has 0 aromatic heterocycles. The highest BCUT2D eigenvalue weighted by atomic mass is 79.9. The van der Waals surface area contributed by atoms with E-state index in [1.165, 1.54) is 12.1 Å². The molecule has 0 saturated heterocycles. The van der Waals surface area contributed by atoms with E-state index in [1.54, 1.807) is 13.0 Å². The fourth-order valence-electron chi connectivity index (χ4n) is 1.93. The van der Waals surface area contributed by atoms with Gasteiger partial charge in [0.15, 0.2) is 0 Å². The first-order valence-electron chi connectivity index (χ1n) is 6.52. The Bertz CT molecular complexity index is 673. The van der Waals surface area contributed by atoms with Crippen molar-refractivity contribution in [2.24, 2.45) is 0 Å². The van der Waals surface area contributed by atoms with Gasteiger partial charge in [-0.3, -0.25) is 4.79 Å². The molecule has 1 amide bonds. The summed E-state index contributed by atoms with van der Waals surface area (Å²) in [5, 5.41) is 5.81. The highest BCUT2D eigenvalue weighted by Gasteiger charge is 2.05. The summed E-state index contributed by atoms with van der Waals surface area (Å²) in [6.07, 6.45) is 0. The molecule has 2 rings (SSSR count). The van der Waals surface area contributed by atoms with Crippen LogP contribution in [0.5, 0.6) is 0 Å². The molecular weight excluding hydrogens is 335 g/mol. The Kier molecular flexibility index (Phi) is 4.96. The summed E-state index contributed by atoms with van der Waals surface area (Å²) in [6, 6.07) is 10.0. The first kappa shape index (κ1) is 15.5. The second-order valence-corrected chi connectivity index (χ2v) is 5.68. The van der Waals surface area contributed by atoms with Crippen LogP contribution in [0.2, 0.25) is 0 Å². The van der Waals surface area contributed by atoms with Gasteiger partial charge in [0, 0.05) is 15.8 Å². The van der Waals surface area contributed by atoms with Crippen molar-refractivity contribution in [2.75, 3.05) is 17.2 Å². The van der Waals surface area contributed by atoms with E-state index in [0.29, 0.717) is 0 Å². The Hall–Kier alpha value is -1.88. The van der Waals surface area contributed by atoms with Gasteiger partial charge in [-0.05, 0) is 61.4 Å². The van der Waals surface area contributed by atoms with E-state index < -0.39 is 0 Å². The van der Waals surface area contributed by atoms with Gasteiger partial charge in [-0.1, -0.05) is 15.9 Å². The van der Waals surface area contributed by atoms with Crippen LogP contribution in [0.1, 0.15) is 11.1 Å². The maximum absolute atomic E-state index is 13.0. The van der Waals surface area contributed by atoms with Crippen LogP contribution in [0.25, 0.3) is 0 Å². The average molecular weight is 351 g/mol. The minimum absolute atomic E-state index is 0.127. The first-order valence-corrected chi connectivity index (χ1v) is 7.31. The second kappa shape index (κ2) is 6.72. The zero-order valence-electron chi connectivity index (χ0n) is 11.8. The van der Waals surface area contributed by atoms with E-state index in [4.69, 9.17) is 0 Å². The summed E-state index contributed by atoms with van der Waals surface area (Å²) in [6.45, 7) is 3.88. The topological polar surface area (TPSA) is 41.1 Å². The van der Waals surface area contributed by atoms with Gasteiger partial charge in [-0.25, -0.2) is 4.39 Å². The number of anilines is 2. The number of amides is 1. The van der Waals surface area contributed by atoms with Gasteiger partial charge in [0.2, 0.25) is 5.91 Å². The van der Waals surface area contributed by atoms with Crippen LogP contribution < -0.4 is 10.6 Å². The molecule has 21 heavy (non-hydrogen) atoms. The molecule has 0 saturated carbocycles. The van der Waals surface area contributed by atoms with Gasteiger partial charge >= 0.3 is 0 Å². The molecule has 0 unspecified atom stereocenters. The van der Waals surface area contributed by atoms with E-state index in [-0.39, 0.29) is 18.3 Å². The van der Waals surface area contributed by atoms with E-state index in [2.05, 4.69) is 26.6 Å². The molecule has 5 heteroatoms. The van der Waals surface area contributed by atoms with E-state index >= 15 is 0 Å². The van der Waals surface area contributed by atoms with Crippen LogP contribution in [-0.4, -0.2) is 12.5 Å². The minimum Gasteiger partial charge on any atom is -0.376 e. The van der Waals surface area contributed by atoms with Gasteiger partial charge < -0.3 is 10.6 Å². The highest BCUT2D eigenvalue weighted by molar-refractivity contribution is 9.10. The number of hydrogen-bond acceptors (Lipinski definition) is 2. The molecule has 3 nitrogen and oxygen atoms in total. The lowest BCUT2D eigenvalue weighted by Crippen LogP contribution is -2.22. The molecule has 0 aliphatic carbocycles. The Morgan fingerprint density at radius 3 is 2.57 bits per heavy atom. The molecule has 2 aromatic rings. The molecular formula is C16H16BrFN2O. The molecule has 0 fully saturated rings. The lowest BCUT2D eigenvalue weighted by Gasteiger charge is -2.10. The van der Waals surface area contributed by atoms with Gasteiger partial charge in [0.05, 0.1) is 6.54 Å². The fourth-order valence-corrected chi connectivity index (χ4v) is 2.18. The number of carbonyl (C=O) groups is 1. The average Bonchev–Trinajstić information content (AvgIpc) is 2.42. The van der Waals surface area contributed by atoms with Crippen molar-refractivity contribution < 1.29 is 9.18 Å². The minimum atomic E-state index is -0.284. The quantitative estimate of drug-likeness (QED) is 0.864. The van der Waals surface area contributed by atoms with Crippen molar-refractivity contribution in [2.45, 2.75) is 13.8 Å². The molecule has 110 valence electrons. The standard InChI is InChI=1S/C16H16BrFN2O/c1-10-8-13(4-5-14(10)17)20-16(21)9-19-15-6-3-12(18)7-11(15)2/h3-8,19H,9H2,1-2H3,(H,20,21). The molecule has 0 aliphatic rings. The smallest absolute Gasteiger partial charge is 0.243 e. The summed E-state index contributed by atoms with van der Waals surface area (Å²) in [5.41, 5.74) is 3.31. The van der Waals surface area contributed by atoms with Crippen molar-refractivity contribution in [1.82, 2.24) is 0 Å². The number of rotatable bonds is 4. The van der Waals surface area contributed by atoms with Gasteiger partial charge in [0.1, 0.15) is 5.82 Å². The predicted octanol–water partition coefficient (Wildman–Crippen LogP) is 4.26. The maximum Gasteiger partial charge on any atom is 0.243 e. The van der Waals surface area contributed by atoms with Crippen molar-refractivity contribution in [1.29, 1.82) is 0 Å². The summed E-state index contributed by atoms with van der Waals surface area (Å²) in [7, 11) is 0. The second-order valence-electron chi connectivity index (χ2n) is 4.82. The SMILES string of the molecule is Cc1cc(NC(=O)CNc2ccc(F)cc2C)ccc1Br. The van der Waals surface area contributed by atoms with Crippen LogP contribution in [0.4, 0.5) is 15.8 Å². The molecule has 2 N–H and O–H groups in total. The van der Waals surface area contributed by atoms with Crippen molar-refractivity contribution in [3.8, 4) is 0 Å². The Morgan fingerprint density at radius 1 is 1.14 bits per heavy atom. The lowest BCUT2D eigenvalue weighted by molar-refractivity contribution is -0.114. The van der Waals surface area contributed by atoms with Crippen molar-refractivity contribution in [3.63, 3.8) is 0 Å². The summed E-state index contributed by atoms with van der Waals surface area (Å²) < 4.78 is 14.0. The van der Waals surface area contributed by atoms with Crippen molar-refractivity contribution in [3.05, 3.63) is 57.8 Å². The highest BCUT2D eigenvalue weighted by Crippen LogP contribution is 2.20. The molecule has 0 bridgehead atoms. The zero-order chi connectivity index (χ0) is 15.4. The van der Waals surface area contributed by atoms with Crippen LogP contribution in [0.15, 0.2) is 40.9 Å². The first-order chi connectivity index (χ1) is 9.95. The third-order valence-electron chi connectivity index (χ3n) is 3.07. The third kappa shape index (κ3) is 4.29. The Morgan fingerprint density at radius 2 is 1.90 bits per heavy atom. The largest absolute Gasteiger partial charge is 0.376 e. The van der Waals surface area contributed by atoms with E-state index in [9.17, 15) is 9.18 Å². The molecule has 0 spiro atoms. The van der Waals surface area contributed by atoms with Gasteiger partial charge in [-0.2, -0.15) is 0 Å². The van der Waals surface area contributed by atoms with Crippen LogP contribution in [0, 0.1) is 19.7 Å². The number of aryl methyl sites for hydroxylation is 2. The fraction of sp³-hybridized carbons (Fsp3) is 0.188. The Labute approximate surface area is 131 Å². The van der Waals surface area contributed by atoms with E-state index in [1.807, 2.05) is 25.1 Å². The molecule has 0 atom stereocenters. The molecule has 0 heterocycles. The number of hydrogen-bond donors (Lipinski definition) is 2. The van der Waals surface area contributed by atoms with Gasteiger partial charge in [0.25, 0.3) is 0 Å². The number of halogens is 2. The number of benzene rings is 2. The lowest BCUT2D eigenvalue weighted by atomic mass is 10.2. The summed E-state index contributed by atoms with van der Waals surface area (Å²) in [5.74, 6) is -0.437. The van der Waals surface area contributed by atoms with Crippen LogP contribution >= 0.6 is 15.9 Å². The Balaban J connectivity index is 1.94. The van der Waals surface area contributed by atoms with Crippen LogP contribution in [0.3, 0.4) is 0 Å². The maximum atomic E-state index is 13.0. The molecule has 2 aromatic carbocycles. The van der Waals surface area contributed by atoms with Gasteiger partial charge in [-0.15, -0.1) is 0 Å². The predicted molar refractivity (Wildman–Crippen MR) is 87.1 cm³/mol. The molecule has 0 radical (unpaired) electrons. The van der Waals surface area contributed by atoms with Crippen molar-refractivity contribution >= 4 is 33.2 Å². The monoisotopic (exact) mass is 350 g/mol. The normalized spacial score (nSPS) is 10.3. The summed E-state index contributed by atoms with van der Waals surface area (Å²) in [4.78, 5) is 11.9. The number of carbonyl (C=O) groups excluding carboxylic acids is 1. The van der Waals surface area contributed by atoms with E-state index in [0.717, 1.165) is 27.0 Å². The molecule has 0 aliphatic heterocycles. The van der Waals surface area contributed by atoms with Crippen LogP contribution in [-0.2, 0) is 4.79 Å².